The van der Waals surface area contributed by atoms with Crippen LogP contribution in [0.4, 0.5) is 0 Å². The number of amides is 1. The van der Waals surface area contributed by atoms with Gasteiger partial charge < -0.3 is 10.6 Å². The predicted molar refractivity (Wildman–Crippen MR) is 64.0 cm³/mol. The molecule has 0 radical (unpaired) electrons. The van der Waals surface area contributed by atoms with Crippen molar-refractivity contribution >= 4 is 15.9 Å². The molecule has 7 heteroatoms. The van der Waals surface area contributed by atoms with E-state index in [1.807, 2.05) is 0 Å². The minimum atomic E-state index is -3.33. The average molecular weight is 261 g/mol. The van der Waals surface area contributed by atoms with Gasteiger partial charge in [-0.25, -0.2) is 8.42 Å². The van der Waals surface area contributed by atoms with Crippen molar-refractivity contribution < 1.29 is 13.2 Å². The molecule has 2 heterocycles. The van der Waals surface area contributed by atoms with E-state index in [1.54, 1.807) is 0 Å². The van der Waals surface area contributed by atoms with E-state index < -0.39 is 10.0 Å². The molecule has 0 saturated carbocycles. The molecule has 0 bridgehead atoms. The van der Waals surface area contributed by atoms with Crippen LogP contribution in [0.2, 0.25) is 0 Å². The van der Waals surface area contributed by atoms with Crippen molar-refractivity contribution in [3.63, 3.8) is 0 Å². The van der Waals surface area contributed by atoms with Gasteiger partial charge >= 0.3 is 0 Å². The lowest BCUT2D eigenvalue weighted by Gasteiger charge is -2.28. The number of hydrogen-bond donors (Lipinski definition) is 2. The average Bonchev–Trinajstić information content (AvgIpc) is 2.55. The van der Waals surface area contributed by atoms with E-state index >= 15 is 0 Å². The van der Waals surface area contributed by atoms with Crippen molar-refractivity contribution in [3.05, 3.63) is 0 Å². The van der Waals surface area contributed by atoms with Crippen LogP contribution in [0, 0.1) is 0 Å². The van der Waals surface area contributed by atoms with E-state index in [4.69, 9.17) is 0 Å². The minimum Gasteiger partial charge on any atom is -0.355 e. The highest BCUT2D eigenvalue weighted by atomic mass is 32.2. The summed E-state index contributed by atoms with van der Waals surface area (Å²) in [4.78, 5) is 11.4. The van der Waals surface area contributed by atoms with Gasteiger partial charge in [-0.1, -0.05) is 0 Å². The highest BCUT2D eigenvalue weighted by Gasteiger charge is 2.34. The molecule has 0 aromatic rings. The zero-order valence-electron chi connectivity index (χ0n) is 9.81. The van der Waals surface area contributed by atoms with E-state index in [-0.39, 0.29) is 17.7 Å². The van der Waals surface area contributed by atoms with Crippen molar-refractivity contribution in [1.29, 1.82) is 0 Å². The van der Waals surface area contributed by atoms with Crippen LogP contribution in [-0.2, 0) is 14.8 Å². The summed E-state index contributed by atoms with van der Waals surface area (Å²) in [5.74, 6) is -0.199. The Morgan fingerprint density at radius 1 is 1.24 bits per heavy atom. The third-order valence-corrected chi connectivity index (χ3v) is 5.54. The topological polar surface area (TPSA) is 78.5 Å². The largest absolute Gasteiger partial charge is 0.355 e. The molecule has 2 aliphatic heterocycles. The molecule has 1 atom stereocenters. The molecule has 98 valence electrons. The second-order valence-electron chi connectivity index (χ2n) is 4.55. The summed E-state index contributed by atoms with van der Waals surface area (Å²) in [6, 6.07) is 0. The van der Waals surface area contributed by atoms with Gasteiger partial charge in [0.2, 0.25) is 15.9 Å². The second kappa shape index (κ2) is 5.32. The lowest BCUT2D eigenvalue weighted by molar-refractivity contribution is -0.120. The molecule has 17 heavy (non-hydrogen) atoms. The molecule has 0 aliphatic carbocycles. The van der Waals surface area contributed by atoms with Gasteiger partial charge in [0.15, 0.2) is 0 Å². The number of carbonyl (C=O) groups is 1. The van der Waals surface area contributed by atoms with Gasteiger partial charge in [-0.3, -0.25) is 4.79 Å². The molecule has 2 aliphatic rings. The summed E-state index contributed by atoms with van der Waals surface area (Å²) in [6.07, 6.45) is 2.25. The highest BCUT2D eigenvalue weighted by Crippen LogP contribution is 2.17. The maximum atomic E-state index is 12.3. The molecule has 1 amide bonds. The molecular weight excluding hydrogens is 242 g/mol. The first-order valence-corrected chi connectivity index (χ1v) is 7.57. The van der Waals surface area contributed by atoms with Gasteiger partial charge in [-0.2, -0.15) is 4.31 Å². The number of hydrogen-bond acceptors (Lipinski definition) is 4. The van der Waals surface area contributed by atoms with Crippen LogP contribution in [0.5, 0.6) is 0 Å². The summed E-state index contributed by atoms with van der Waals surface area (Å²) in [6.45, 7) is 2.36. The van der Waals surface area contributed by atoms with Gasteiger partial charge in [0.05, 0.1) is 11.8 Å². The van der Waals surface area contributed by atoms with Gasteiger partial charge in [0.25, 0.3) is 0 Å². The standard InChI is InChI=1S/C10H19N3O3S/c14-10-8-13(6-2-5-12-10)17(15,16)9-3-1-4-11-7-9/h9,11H,1-8H2,(H,12,14). The molecule has 2 N–H and O–H groups in total. The zero-order valence-corrected chi connectivity index (χ0v) is 10.6. The molecule has 0 aromatic heterocycles. The van der Waals surface area contributed by atoms with Gasteiger partial charge in [-0.05, 0) is 25.8 Å². The summed E-state index contributed by atoms with van der Waals surface area (Å²) in [5.41, 5.74) is 0. The fraction of sp³-hybridized carbons (Fsp3) is 0.900. The maximum Gasteiger partial charge on any atom is 0.235 e. The first kappa shape index (κ1) is 12.8. The number of carbonyl (C=O) groups excluding carboxylic acids is 1. The Morgan fingerprint density at radius 3 is 2.76 bits per heavy atom. The summed E-state index contributed by atoms with van der Waals surface area (Å²) in [7, 11) is -3.33. The van der Waals surface area contributed by atoms with E-state index in [9.17, 15) is 13.2 Å². The van der Waals surface area contributed by atoms with Crippen LogP contribution in [0.3, 0.4) is 0 Å². The van der Waals surface area contributed by atoms with Crippen molar-refractivity contribution in [2.24, 2.45) is 0 Å². The maximum absolute atomic E-state index is 12.3. The fourth-order valence-electron chi connectivity index (χ4n) is 2.28. The Morgan fingerprint density at radius 2 is 2.06 bits per heavy atom. The molecule has 0 aromatic carbocycles. The lowest BCUT2D eigenvalue weighted by atomic mass is 10.2. The van der Waals surface area contributed by atoms with Crippen molar-refractivity contribution in [2.45, 2.75) is 24.5 Å². The normalized spacial score (nSPS) is 28.5. The van der Waals surface area contributed by atoms with Crippen molar-refractivity contribution in [2.75, 3.05) is 32.7 Å². The highest BCUT2D eigenvalue weighted by molar-refractivity contribution is 7.89. The SMILES string of the molecule is O=C1CN(S(=O)(=O)C2CCCNC2)CCCN1. The monoisotopic (exact) mass is 261 g/mol. The first-order chi connectivity index (χ1) is 8.10. The second-order valence-corrected chi connectivity index (χ2v) is 6.76. The molecule has 2 rings (SSSR count). The summed E-state index contributed by atoms with van der Waals surface area (Å²) in [5, 5.41) is 5.42. The smallest absolute Gasteiger partial charge is 0.235 e. The Labute approximate surface area is 102 Å². The minimum absolute atomic E-state index is 0.0289. The van der Waals surface area contributed by atoms with Crippen LogP contribution in [0.25, 0.3) is 0 Å². The number of piperidine rings is 1. The van der Waals surface area contributed by atoms with Crippen LogP contribution < -0.4 is 10.6 Å². The molecule has 0 spiro atoms. The van der Waals surface area contributed by atoms with Crippen LogP contribution in [-0.4, -0.2) is 56.6 Å². The Kier molecular flexibility index (Phi) is 4.01. The number of nitrogens with zero attached hydrogens (tertiary/aromatic N) is 1. The van der Waals surface area contributed by atoms with E-state index in [2.05, 4.69) is 10.6 Å². The lowest BCUT2D eigenvalue weighted by Crippen LogP contribution is -2.48. The Bertz CT molecular complexity index is 376. The van der Waals surface area contributed by atoms with Gasteiger partial charge in [0.1, 0.15) is 0 Å². The number of sulfonamides is 1. The van der Waals surface area contributed by atoms with Crippen molar-refractivity contribution in [1.82, 2.24) is 14.9 Å². The van der Waals surface area contributed by atoms with Crippen LogP contribution in [0.1, 0.15) is 19.3 Å². The van der Waals surface area contributed by atoms with E-state index in [0.717, 1.165) is 13.0 Å². The molecule has 2 fully saturated rings. The fourth-order valence-corrected chi connectivity index (χ4v) is 4.18. The third kappa shape index (κ3) is 2.97. The van der Waals surface area contributed by atoms with Crippen molar-refractivity contribution in [3.8, 4) is 0 Å². The number of rotatable bonds is 2. The first-order valence-electron chi connectivity index (χ1n) is 6.07. The number of nitrogens with one attached hydrogen (secondary N) is 2. The van der Waals surface area contributed by atoms with Crippen LogP contribution >= 0.6 is 0 Å². The Hall–Kier alpha value is -0.660. The molecule has 1 unspecified atom stereocenters. The molecular formula is C10H19N3O3S. The Balaban J connectivity index is 2.09. The summed E-state index contributed by atoms with van der Waals surface area (Å²) >= 11 is 0. The zero-order chi connectivity index (χ0) is 12.3. The van der Waals surface area contributed by atoms with Crippen LogP contribution in [0.15, 0.2) is 0 Å². The van der Waals surface area contributed by atoms with Gasteiger partial charge in [0, 0.05) is 19.6 Å². The van der Waals surface area contributed by atoms with E-state index in [0.29, 0.717) is 32.5 Å². The molecule has 6 nitrogen and oxygen atoms in total. The summed E-state index contributed by atoms with van der Waals surface area (Å²) < 4.78 is 26.0. The molecule has 2 saturated heterocycles. The van der Waals surface area contributed by atoms with E-state index in [1.165, 1.54) is 4.31 Å². The third-order valence-electron chi connectivity index (χ3n) is 3.26. The quantitative estimate of drug-likeness (QED) is 0.661. The van der Waals surface area contributed by atoms with Gasteiger partial charge in [-0.15, -0.1) is 0 Å². The predicted octanol–water partition coefficient (Wildman–Crippen LogP) is -1.11.